The number of amides is 1. The van der Waals surface area contributed by atoms with Gasteiger partial charge in [-0.25, -0.2) is 0 Å². The fourth-order valence-electron chi connectivity index (χ4n) is 3.61. The Hall–Kier alpha value is -2.17. The van der Waals surface area contributed by atoms with Gasteiger partial charge in [-0.1, -0.05) is 70.2 Å². The van der Waals surface area contributed by atoms with Gasteiger partial charge in [-0.05, 0) is 22.8 Å². The summed E-state index contributed by atoms with van der Waals surface area (Å²) in [6, 6.07) is 16.1. The average molecular weight is 369 g/mol. The third-order valence-corrected chi connectivity index (χ3v) is 4.70. The van der Waals surface area contributed by atoms with Gasteiger partial charge in [0.05, 0.1) is 6.10 Å². The molecule has 0 bridgehead atoms. The molecule has 0 radical (unpaired) electrons. The third-order valence-electron chi connectivity index (χ3n) is 4.70. The monoisotopic (exact) mass is 368 g/mol. The van der Waals surface area contributed by atoms with Crippen molar-refractivity contribution in [2.45, 2.75) is 53.4 Å². The number of nitrogens with zero attached hydrogens (tertiary/aromatic N) is 2. The Labute approximate surface area is 163 Å². The molecule has 2 heterocycles. The van der Waals surface area contributed by atoms with Gasteiger partial charge >= 0.3 is 0 Å². The number of fused-ring (bicyclic) bond motifs is 2. The minimum absolute atomic E-state index is 0.0318. The molecule has 2 aliphatic heterocycles. The molecule has 1 N–H and O–H groups in total. The summed E-state index contributed by atoms with van der Waals surface area (Å²) in [6.45, 7) is 11.3. The number of aliphatic hydroxyl groups excluding tert-OH is 1. The minimum atomic E-state index is -0.525. The van der Waals surface area contributed by atoms with E-state index in [1.807, 2.05) is 52.0 Å². The molecule has 2 aliphatic rings. The SMILES string of the molecule is CC.CC.O=C1c2ccccc2CN1C[C@H](O)CN1Cc2ccccc2C1. The van der Waals surface area contributed by atoms with E-state index in [4.69, 9.17) is 0 Å². The van der Waals surface area contributed by atoms with Crippen molar-refractivity contribution in [2.24, 2.45) is 0 Å². The summed E-state index contributed by atoms with van der Waals surface area (Å²) in [5, 5.41) is 10.4. The normalized spacial score (nSPS) is 15.9. The smallest absolute Gasteiger partial charge is 0.254 e. The van der Waals surface area contributed by atoms with E-state index in [1.54, 1.807) is 4.90 Å². The first-order valence-corrected chi connectivity index (χ1v) is 10.0. The summed E-state index contributed by atoms with van der Waals surface area (Å²) in [5.41, 5.74) is 4.50. The van der Waals surface area contributed by atoms with Crippen molar-refractivity contribution in [3.8, 4) is 0 Å². The summed E-state index contributed by atoms with van der Waals surface area (Å²) in [4.78, 5) is 16.3. The maximum atomic E-state index is 12.3. The number of hydrogen-bond donors (Lipinski definition) is 1. The summed E-state index contributed by atoms with van der Waals surface area (Å²) >= 11 is 0. The molecule has 4 heteroatoms. The molecule has 0 aromatic heterocycles. The minimum Gasteiger partial charge on any atom is -0.390 e. The summed E-state index contributed by atoms with van der Waals surface area (Å²) < 4.78 is 0. The Bertz CT molecular complexity index is 720. The van der Waals surface area contributed by atoms with Crippen LogP contribution in [0.25, 0.3) is 0 Å². The molecule has 0 saturated carbocycles. The predicted octanol–water partition coefficient (Wildman–Crippen LogP) is 4.07. The van der Waals surface area contributed by atoms with Crippen LogP contribution in [-0.4, -0.2) is 40.0 Å². The lowest BCUT2D eigenvalue weighted by atomic mass is 10.1. The first-order valence-electron chi connectivity index (χ1n) is 10.0. The molecule has 0 unspecified atom stereocenters. The molecule has 0 spiro atoms. The highest BCUT2D eigenvalue weighted by Gasteiger charge is 2.29. The topological polar surface area (TPSA) is 43.8 Å². The van der Waals surface area contributed by atoms with Crippen molar-refractivity contribution in [1.29, 1.82) is 0 Å². The molecule has 4 rings (SSSR count). The van der Waals surface area contributed by atoms with Crippen molar-refractivity contribution in [3.63, 3.8) is 0 Å². The van der Waals surface area contributed by atoms with E-state index >= 15 is 0 Å². The van der Waals surface area contributed by atoms with E-state index in [-0.39, 0.29) is 5.91 Å². The van der Waals surface area contributed by atoms with Crippen molar-refractivity contribution in [1.82, 2.24) is 9.80 Å². The Morgan fingerprint density at radius 2 is 1.33 bits per heavy atom. The maximum absolute atomic E-state index is 12.3. The number of rotatable bonds is 4. The van der Waals surface area contributed by atoms with E-state index < -0.39 is 6.10 Å². The van der Waals surface area contributed by atoms with Gasteiger partial charge in [-0.3, -0.25) is 9.69 Å². The zero-order chi connectivity index (χ0) is 19.8. The van der Waals surface area contributed by atoms with E-state index in [1.165, 1.54) is 11.1 Å². The number of benzene rings is 2. The van der Waals surface area contributed by atoms with Gasteiger partial charge in [-0.2, -0.15) is 0 Å². The Kier molecular flexibility index (Phi) is 8.01. The lowest BCUT2D eigenvalue weighted by Crippen LogP contribution is -2.38. The number of carbonyl (C=O) groups is 1. The van der Waals surface area contributed by atoms with E-state index in [9.17, 15) is 9.90 Å². The third kappa shape index (κ3) is 4.96. The molecule has 146 valence electrons. The van der Waals surface area contributed by atoms with Crippen LogP contribution in [0.4, 0.5) is 0 Å². The van der Waals surface area contributed by atoms with Crippen LogP contribution >= 0.6 is 0 Å². The highest BCUT2D eigenvalue weighted by atomic mass is 16.3. The molecule has 0 saturated heterocycles. The number of carbonyl (C=O) groups excluding carboxylic acids is 1. The van der Waals surface area contributed by atoms with Crippen LogP contribution in [-0.2, 0) is 19.6 Å². The second kappa shape index (κ2) is 10.2. The average Bonchev–Trinajstić information content (AvgIpc) is 3.25. The quantitative estimate of drug-likeness (QED) is 0.885. The second-order valence-electron chi connectivity index (χ2n) is 6.43. The van der Waals surface area contributed by atoms with Gasteiger partial charge in [0.25, 0.3) is 5.91 Å². The molecule has 27 heavy (non-hydrogen) atoms. The Morgan fingerprint density at radius 1 is 0.815 bits per heavy atom. The van der Waals surface area contributed by atoms with Gasteiger partial charge in [0.15, 0.2) is 0 Å². The Balaban J connectivity index is 0.000000614. The van der Waals surface area contributed by atoms with Gasteiger partial charge in [-0.15, -0.1) is 0 Å². The molecule has 0 aliphatic carbocycles. The van der Waals surface area contributed by atoms with Crippen molar-refractivity contribution >= 4 is 5.91 Å². The fraction of sp³-hybridized carbons (Fsp3) is 0.435. The highest BCUT2D eigenvalue weighted by Crippen LogP contribution is 2.24. The molecule has 4 nitrogen and oxygen atoms in total. The molecule has 2 aromatic rings. The van der Waals surface area contributed by atoms with Crippen LogP contribution in [0.2, 0.25) is 0 Å². The first-order chi connectivity index (χ1) is 13.2. The van der Waals surface area contributed by atoms with Gasteiger partial charge in [0.1, 0.15) is 0 Å². The molecule has 2 aromatic carbocycles. The van der Waals surface area contributed by atoms with E-state index in [0.29, 0.717) is 19.6 Å². The van der Waals surface area contributed by atoms with Gasteiger partial charge < -0.3 is 10.0 Å². The van der Waals surface area contributed by atoms with Gasteiger partial charge in [0.2, 0.25) is 0 Å². The van der Waals surface area contributed by atoms with Crippen molar-refractivity contribution < 1.29 is 9.90 Å². The number of aliphatic hydroxyl groups is 1. The zero-order valence-corrected chi connectivity index (χ0v) is 17.0. The van der Waals surface area contributed by atoms with Crippen molar-refractivity contribution in [3.05, 3.63) is 70.8 Å². The summed E-state index contributed by atoms with van der Waals surface area (Å²) in [7, 11) is 0. The molecule has 0 fully saturated rings. The first kappa shape index (κ1) is 21.1. The molecule has 1 atom stereocenters. The number of hydrogen-bond acceptors (Lipinski definition) is 3. The largest absolute Gasteiger partial charge is 0.390 e. The molecular formula is C23H32N2O2. The highest BCUT2D eigenvalue weighted by molar-refractivity contribution is 5.98. The van der Waals surface area contributed by atoms with Crippen LogP contribution in [0.5, 0.6) is 0 Å². The lowest BCUT2D eigenvalue weighted by molar-refractivity contribution is 0.0540. The van der Waals surface area contributed by atoms with Crippen molar-refractivity contribution in [2.75, 3.05) is 13.1 Å². The maximum Gasteiger partial charge on any atom is 0.254 e. The predicted molar refractivity (Wildman–Crippen MR) is 110 cm³/mol. The van der Waals surface area contributed by atoms with E-state index in [0.717, 1.165) is 24.2 Å². The summed E-state index contributed by atoms with van der Waals surface area (Å²) in [5.74, 6) is 0.0318. The van der Waals surface area contributed by atoms with Crippen LogP contribution < -0.4 is 0 Å². The molecular weight excluding hydrogens is 336 g/mol. The Morgan fingerprint density at radius 3 is 1.89 bits per heavy atom. The van der Waals surface area contributed by atoms with Crippen LogP contribution in [0, 0.1) is 0 Å². The fourth-order valence-corrected chi connectivity index (χ4v) is 3.61. The van der Waals surface area contributed by atoms with Gasteiger partial charge in [0, 0.05) is 38.3 Å². The van der Waals surface area contributed by atoms with E-state index in [2.05, 4.69) is 29.2 Å². The standard InChI is InChI=1S/C19H20N2O2.2C2H6/c22-17(12-20-9-14-5-1-2-6-15(14)10-20)13-21-11-16-7-3-4-8-18(16)19(21)23;2*1-2/h1-8,17,22H,9-13H2;2*1-2H3/t17-;;/m1../s1. The summed E-state index contributed by atoms with van der Waals surface area (Å²) in [6.07, 6.45) is -0.525. The van der Waals surface area contributed by atoms with Crippen LogP contribution in [0.1, 0.15) is 54.7 Å². The molecule has 1 amide bonds. The lowest BCUT2D eigenvalue weighted by Gasteiger charge is -2.24. The van der Waals surface area contributed by atoms with Crippen LogP contribution in [0.3, 0.4) is 0 Å². The van der Waals surface area contributed by atoms with Crippen LogP contribution in [0.15, 0.2) is 48.5 Å². The zero-order valence-electron chi connectivity index (χ0n) is 17.0. The number of β-amino-alcohol motifs (C(OH)–C–C–N with tert-alkyl or cyclic N) is 1. The second-order valence-corrected chi connectivity index (χ2v) is 6.43.